The second-order valence-electron chi connectivity index (χ2n) is 5.35. The molecule has 2 rings (SSSR count). The maximum absolute atomic E-state index is 12.4. The van der Waals surface area contributed by atoms with Crippen molar-refractivity contribution < 1.29 is 9.53 Å². The molecule has 0 spiro atoms. The molecular formula is C18H23N3O3. The first-order chi connectivity index (χ1) is 11.6. The number of hydrogen-bond donors (Lipinski definition) is 2. The van der Waals surface area contributed by atoms with E-state index < -0.39 is 6.09 Å². The summed E-state index contributed by atoms with van der Waals surface area (Å²) in [6.07, 6.45) is 1.21. The molecule has 6 nitrogen and oxygen atoms in total. The largest absolute Gasteiger partial charge is 0.450 e. The van der Waals surface area contributed by atoms with Crippen LogP contribution in [-0.4, -0.2) is 29.2 Å². The van der Waals surface area contributed by atoms with Crippen molar-refractivity contribution in [3.63, 3.8) is 0 Å². The number of amides is 1. The van der Waals surface area contributed by atoms with Gasteiger partial charge in [-0.05, 0) is 25.3 Å². The van der Waals surface area contributed by atoms with Crippen molar-refractivity contribution in [2.75, 3.05) is 13.2 Å². The van der Waals surface area contributed by atoms with Crippen molar-refractivity contribution in [2.24, 2.45) is 0 Å². The van der Waals surface area contributed by atoms with Crippen LogP contribution in [0.1, 0.15) is 36.5 Å². The van der Waals surface area contributed by atoms with Gasteiger partial charge in [0.1, 0.15) is 5.82 Å². The zero-order valence-corrected chi connectivity index (χ0v) is 14.1. The van der Waals surface area contributed by atoms with Crippen molar-refractivity contribution >= 4 is 6.09 Å². The first-order valence-electron chi connectivity index (χ1n) is 8.19. The number of carbonyl (C=O) groups is 1. The first kappa shape index (κ1) is 17.7. The Hall–Kier alpha value is -2.63. The smallest absolute Gasteiger partial charge is 0.407 e. The quantitative estimate of drug-likeness (QED) is 0.816. The Bertz CT molecular complexity index is 726. The van der Waals surface area contributed by atoms with Crippen LogP contribution in [0.25, 0.3) is 0 Å². The van der Waals surface area contributed by atoms with Gasteiger partial charge in [0.2, 0.25) is 0 Å². The number of aryl methyl sites for hydroxylation is 1. The molecule has 0 unspecified atom stereocenters. The minimum absolute atomic E-state index is 0.140. The molecule has 2 N–H and O–H groups in total. The SMILES string of the molecule is CCOC(=O)NCCc1c(CC)nc(Cc2ccccc2)[nH]c1=O. The van der Waals surface area contributed by atoms with E-state index >= 15 is 0 Å². The Labute approximate surface area is 141 Å². The summed E-state index contributed by atoms with van der Waals surface area (Å²) in [6, 6.07) is 9.88. The highest BCUT2D eigenvalue weighted by Gasteiger charge is 2.11. The number of H-pyrrole nitrogens is 1. The molecule has 0 aliphatic carbocycles. The van der Waals surface area contributed by atoms with E-state index in [4.69, 9.17) is 4.74 Å². The van der Waals surface area contributed by atoms with Gasteiger partial charge in [-0.25, -0.2) is 9.78 Å². The van der Waals surface area contributed by atoms with Gasteiger partial charge in [-0.3, -0.25) is 4.79 Å². The van der Waals surface area contributed by atoms with Crippen LogP contribution in [-0.2, 0) is 24.0 Å². The van der Waals surface area contributed by atoms with Gasteiger partial charge >= 0.3 is 6.09 Å². The fourth-order valence-electron chi connectivity index (χ4n) is 2.49. The Kier molecular flexibility index (Phi) is 6.54. The summed E-state index contributed by atoms with van der Waals surface area (Å²) in [6.45, 7) is 4.38. The lowest BCUT2D eigenvalue weighted by molar-refractivity contribution is 0.152. The van der Waals surface area contributed by atoms with Crippen LogP contribution in [0.2, 0.25) is 0 Å². The van der Waals surface area contributed by atoms with Crippen LogP contribution >= 0.6 is 0 Å². The molecule has 0 radical (unpaired) electrons. The van der Waals surface area contributed by atoms with Crippen LogP contribution in [0.15, 0.2) is 35.1 Å². The Morgan fingerprint density at radius 2 is 2.00 bits per heavy atom. The maximum Gasteiger partial charge on any atom is 0.407 e. The predicted molar refractivity (Wildman–Crippen MR) is 92.2 cm³/mol. The number of rotatable bonds is 7. The molecule has 0 aliphatic heterocycles. The molecule has 1 aromatic carbocycles. The van der Waals surface area contributed by atoms with E-state index in [9.17, 15) is 9.59 Å². The highest BCUT2D eigenvalue weighted by Crippen LogP contribution is 2.08. The molecule has 6 heteroatoms. The monoisotopic (exact) mass is 329 g/mol. The van der Waals surface area contributed by atoms with Gasteiger partial charge in [-0.1, -0.05) is 37.3 Å². The van der Waals surface area contributed by atoms with E-state index in [2.05, 4.69) is 15.3 Å². The van der Waals surface area contributed by atoms with E-state index in [1.54, 1.807) is 6.92 Å². The first-order valence-corrected chi connectivity index (χ1v) is 8.19. The molecular weight excluding hydrogens is 306 g/mol. The zero-order chi connectivity index (χ0) is 17.4. The fourth-order valence-corrected chi connectivity index (χ4v) is 2.49. The van der Waals surface area contributed by atoms with E-state index in [0.29, 0.717) is 43.8 Å². The van der Waals surface area contributed by atoms with Gasteiger partial charge < -0.3 is 15.0 Å². The van der Waals surface area contributed by atoms with E-state index in [-0.39, 0.29) is 5.56 Å². The molecule has 2 aromatic rings. The third kappa shape index (κ3) is 4.94. The number of alkyl carbamates (subject to hydrolysis) is 1. The number of nitrogens with one attached hydrogen (secondary N) is 2. The number of nitrogens with zero attached hydrogens (tertiary/aromatic N) is 1. The number of hydrogen-bond acceptors (Lipinski definition) is 4. The standard InChI is InChI=1S/C18H23N3O3/c1-3-15-14(10-11-19-18(23)24-4-2)17(22)21-16(20-15)12-13-8-6-5-7-9-13/h5-9H,3-4,10-12H2,1-2H3,(H,19,23)(H,20,21,22). The molecule has 128 valence electrons. The average Bonchev–Trinajstić information content (AvgIpc) is 2.57. The number of benzene rings is 1. The summed E-state index contributed by atoms with van der Waals surface area (Å²) >= 11 is 0. The number of aromatic nitrogens is 2. The van der Waals surface area contributed by atoms with Gasteiger partial charge in [0.25, 0.3) is 5.56 Å². The summed E-state index contributed by atoms with van der Waals surface area (Å²) < 4.78 is 4.80. The van der Waals surface area contributed by atoms with Crippen molar-refractivity contribution in [2.45, 2.75) is 33.1 Å². The molecule has 1 amide bonds. The van der Waals surface area contributed by atoms with Crippen molar-refractivity contribution in [3.05, 3.63) is 63.3 Å². The van der Waals surface area contributed by atoms with Gasteiger partial charge in [0, 0.05) is 18.5 Å². The Morgan fingerprint density at radius 1 is 1.25 bits per heavy atom. The van der Waals surface area contributed by atoms with Gasteiger partial charge in [-0.2, -0.15) is 0 Å². The van der Waals surface area contributed by atoms with Crippen LogP contribution in [0.3, 0.4) is 0 Å². The van der Waals surface area contributed by atoms with Gasteiger partial charge in [0.05, 0.1) is 12.3 Å². The summed E-state index contributed by atoms with van der Waals surface area (Å²) in [4.78, 5) is 31.1. The summed E-state index contributed by atoms with van der Waals surface area (Å²) in [5, 5.41) is 2.62. The van der Waals surface area contributed by atoms with Crippen LogP contribution in [0, 0.1) is 0 Å². The van der Waals surface area contributed by atoms with Crippen molar-refractivity contribution in [1.82, 2.24) is 15.3 Å². The van der Waals surface area contributed by atoms with Crippen molar-refractivity contribution in [3.8, 4) is 0 Å². The molecule has 0 saturated carbocycles. The summed E-state index contributed by atoms with van der Waals surface area (Å²) in [7, 11) is 0. The molecule has 0 fully saturated rings. The Morgan fingerprint density at radius 3 is 2.67 bits per heavy atom. The lowest BCUT2D eigenvalue weighted by Crippen LogP contribution is -2.29. The van der Waals surface area contributed by atoms with Crippen LogP contribution < -0.4 is 10.9 Å². The van der Waals surface area contributed by atoms with Crippen LogP contribution in [0.4, 0.5) is 4.79 Å². The fraction of sp³-hybridized carbons (Fsp3) is 0.389. The molecule has 1 aromatic heterocycles. The predicted octanol–water partition coefficient (Wildman–Crippen LogP) is 2.21. The third-order valence-corrected chi connectivity index (χ3v) is 3.62. The molecule has 24 heavy (non-hydrogen) atoms. The topological polar surface area (TPSA) is 84.1 Å². The molecule has 0 saturated heterocycles. The lowest BCUT2D eigenvalue weighted by Gasteiger charge is -2.10. The summed E-state index contributed by atoms with van der Waals surface area (Å²) in [5.41, 5.74) is 2.35. The summed E-state index contributed by atoms with van der Waals surface area (Å²) in [5.74, 6) is 0.658. The normalized spacial score (nSPS) is 10.4. The second kappa shape index (κ2) is 8.86. The van der Waals surface area contributed by atoms with Gasteiger partial charge in [-0.15, -0.1) is 0 Å². The molecule has 0 bridgehead atoms. The highest BCUT2D eigenvalue weighted by atomic mass is 16.5. The van der Waals surface area contributed by atoms with E-state index in [1.165, 1.54) is 0 Å². The molecule has 1 heterocycles. The van der Waals surface area contributed by atoms with E-state index in [0.717, 1.165) is 11.3 Å². The average molecular weight is 329 g/mol. The number of ether oxygens (including phenoxy) is 1. The second-order valence-corrected chi connectivity index (χ2v) is 5.35. The lowest BCUT2D eigenvalue weighted by atomic mass is 10.1. The van der Waals surface area contributed by atoms with Crippen molar-refractivity contribution in [1.29, 1.82) is 0 Å². The molecule has 0 aliphatic rings. The third-order valence-electron chi connectivity index (χ3n) is 3.62. The Balaban J connectivity index is 2.09. The molecule has 0 atom stereocenters. The van der Waals surface area contributed by atoms with Crippen LogP contribution in [0.5, 0.6) is 0 Å². The zero-order valence-electron chi connectivity index (χ0n) is 14.1. The van der Waals surface area contributed by atoms with E-state index in [1.807, 2.05) is 37.3 Å². The van der Waals surface area contributed by atoms with Gasteiger partial charge in [0.15, 0.2) is 0 Å². The number of aromatic amines is 1. The maximum atomic E-state index is 12.4. The highest BCUT2D eigenvalue weighted by molar-refractivity contribution is 5.67. The number of carbonyl (C=O) groups excluding carboxylic acids is 1. The minimum Gasteiger partial charge on any atom is -0.450 e. The minimum atomic E-state index is -0.472.